The van der Waals surface area contributed by atoms with Crippen LogP contribution >= 0.6 is 0 Å². The average molecular weight is 211 g/mol. The Hall–Kier alpha value is 0.439. The third-order valence-corrected chi connectivity index (χ3v) is 2.28. The van der Waals surface area contributed by atoms with E-state index in [0.29, 0.717) is 15.0 Å². The summed E-state index contributed by atoms with van der Waals surface area (Å²) in [6.45, 7) is 5.49. The molecule has 0 bridgehead atoms. The molecule has 0 heterocycles. The van der Waals surface area contributed by atoms with Gasteiger partial charge < -0.3 is 0 Å². The third kappa shape index (κ3) is 5.24. The van der Waals surface area contributed by atoms with Gasteiger partial charge in [-0.15, -0.1) is 0 Å². The molecule has 0 spiro atoms. The van der Waals surface area contributed by atoms with Gasteiger partial charge in [0.15, 0.2) is 0 Å². The molecule has 0 atom stereocenters. The predicted octanol–water partition coefficient (Wildman–Crippen LogP) is 1.56. The topological polar surface area (TPSA) is 18.5 Å². The van der Waals surface area contributed by atoms with Gasteiger partial charge in [0.1, 0.15) is 0 Å². The van der Waals surface area contributed by atoms with E-state index in [4.69, 9.17) is 9.47 Å². The minimum atomic E-state index is 0.0556. The molecule has 0 aromatic carbocycles. The SMILES string of the molecule is CCOC(C[Se]C)OCC. The Kier molecular flexibility index (Phi) is 7.88. The summed E-state index contributed by atoms with van der Waals surface area (Å²) in [5, 5.41) is 1.06. The quantitative estimate of drug-likeness (QED) is 0.490. The molecule has 0 saturated heterocycles. The van der Waals surface area contributed by atoms with Crippen molar-refractivity contribution in [3.8, 4) is 0 Å². The molecule has 62 valence electrons. The monoisotopic (exact) mass is 212 g/mol. The molecular weight excluding hydrogens is 195 g/mol. The first kappa shape index (κ1) is 10.4. The van der Waals surface area contributed by atoms with Gasteiger partial charge in [0.25, 0.3) is 0 Å². The van der Waals surface area contributed by atoms with Crippen LogP contribution in [0.2, 0.25) is 11.1 Å². The molecule has 0 fully saturated rings. The number of hydrogen-bond acceptors (Lipinski definition) is 2. The normalized spacial score (nSPS) is 10.8. The molecule has 10 heavy (non-hydrogen) atoms. The summed E-state index contributed by atoms with van der Waals surface area (Å²) in [5.41, 5.74) is 0. The summed E-state index contributed by atoms with van der Waals surface area (Å²) < 4.78 is 10.6. The van der Waals surface area contributed by atoms with Crippen molar-refractivity contribution in [1.29, 1.82) is 0 Å². The van der Waals surface area contributed by atoms with Crippen LogP contribution < -0.4 is 0 Å². The Balaban J connectivity index is 3.30. The van der Waals surface area contributed by atoms with Gasteiger partial charge in [-0.25, -0.2) is 0 Å². The Morgan fingerprint density at radius 3 is 2.00 bits per heavy atom. The average Bonchev–Trinajstić information content (AvgIpc) is 1.90. The zero-order valence-corrected chi connectivity index (χ0v) is 8.64. The van der Waals surface area contributed by atoms with Crippen LogP contribution in [0, 0.1) is 0 Å². The van der Waals surface area contributed by atoms with E-state index in [1.807, 2.05) is 13.8 Å². The van der Waals surface area contributed by atoms with Crippen molar-refractivity contribution in [2.24, 2.45) is 0 Å². The van der Waals surface area contributed by atoms with Crippen LogP contribution in [0.5, 0.6) is 0 Å². The van der Waals surface area contributed by atoms with Gasteiger partial charge in [0.05, 0.1) is 0 Å². The van der Waals surface area contributed by atoms with Crippen LogP contribution in [0.1, 0.15) is 13.8 Å². The van der Waals surface area contributed by atoms with Crippen molar-refractivity contribution in [1.82, 2.24) is 0 Å². The molecule has 0 aliphatic rings. The van der Waals surface area contributed by atoms with E-state index in [9.17, 15) is 0 Å². The molecule has 3 heteroatoms. The maximum absolute atomic E-state index is 5.32. The van der Waals surface area contributed by atoms with Crippen LogP contribution in [0.25, 0.3) is 0 Å². The third-order valence-electron chi connectivity index (χ3n) is 1.01. The van der Waals surface area contributed by atoms with E-state index < -0.39 is 0 Å². The van der Waals surface area contributed by atoms with Gasteiger partial charge in [0.2, 0.25) is 0 Å². The van der Waals surface area contributed by atoms with Gasteiger partial charge >= 0.3 is 68.9 Å². The number of ether oxygens (including phenoxy) is 2. The Morgan fingerprint density at radius 2 is 1.70 bits per heavy atom. The molecule has 0 aliphatic heterocycles. The van der Waals surface area contributed by atoms with Crippen LogP contribution in [-0.2, 0) is 9.47 Å². The Bertz CT molecular complexity index is 54.4. The van der Waals surface area contributed by atoms with Gasteiger partial charge in [-0.1, -0.05) is 0 Å². The first-order valence-corrected chi connectivity index (χ1v) is 6.49. The maximum atomic E-state index is 5.32. The van der Waals surface area contributed by atoms with Gasteiger partial charge in [0, 0.05) is 0 Å². The predicted molar refractivity (Wildman–Crippen MR) is 43.5 cm³/mol. The fourth-order valence-corrected chi connectivity index (χ4v) is 1.63. The zero-order valence-electron chi connectivity index (χ0n) is 6.92. The first-order chi connectivity index (χ1) is 4.85. The second-order valence-corrected chi connectivity index (χ2v) is 3.71. The molecule has 0 amide bonds. The Labute approximate surface area is 69.4 Å². The second-order valence-electron chi connectivity index (χ2n) is 1.80. The van der Waals surface area contributed by atoms with Gasteiger partial charge in [-0.3, -0.25) is 0 Å². The summed E-state index contributed by atoms with van der Waals surface area (Å²) in [5.74, 6) is 2.19. The van der Waals surface area contributed by atoms with Crippen LogP contribution in [-0.4, -0.2) is 34.5 Å². The number of rotatable bonds is 6. The summed E-state index contributed by atoms with van der Waals surface area (Å²) in [6, 6.07) is 0. The van der Waals surface area contributed by atoms with Crippen LogP contribution in [0.4, 0.5) is 0 Å². The fraction of sp³-hybridized carbons (Fsp3) is 1.00. The molecule has 0 rings (SSSR count). The summed E-state index contributed by atoms with van der Waals surface area (Å²) in [6.07, 6.45) is 0.0556. The zero-order chi connectivity index (χ0) is 7.82. The summed E-state index contributed by atoms with van der Waals surface area (Å²) >= 11 is 0.648. The Morgan fingerprint density at radius 1 is 1.20 bits per heavy atom. The number of hydrogen-bond donors (Lipinski definition) is 0. The first-order valence-electron chi connectivity index (χ1n) is 3.57. The van der Waals surface area contributed by atoms with E-state index in [1.54, 1.807) is 0 Å². The minimum absolute atomic E-state index is 0.0556. The van der Waals surface area contributed by atoms with E-state index in [-0.39, 0.29) is 6.29 Å². The van der Waals surface area contributed by atoms with Gasteiger partial charge in [-0.2, -0.15) is 0 Å². The van der Waals surface area contributed by atoms with Crippen LogP contribution in [0.15, 0.2) is 0 Å². The molecule has 0 unspecified atom stereocenters. The van der Waals surface area contributed by atoms with Crippen molar-refractivity contribution in [2.45, 2.75) is 31.3 Å². The van der Waals surface area contributed by atoms with Crippen molar-refractivity contribution in [2.75, 3.05) is 13.2 Å². The molecule has 2 nitrogen and oxygen atoms in total. The fourth-order valence-electron chi connectivity index (χ4n) is 0.652. The summed E-state index contributed by atoms with van der Waals surface area (Å²) in [4.78, 5) is 0. The van der Waals surface area contributed by atoms with Gasteiger partial charge in [-0.05, 0) is 0 Å². The molecule has 0 N–H and O–H groups in total. The van der Waals surface area contributed by atoms with Crippen molar-refractivity contribution >= 4 is 15.0 Å². The molecule has 0 aromatic rings. The summed E-state index contributed by atoms with van der Waals surface area (Å²) in [7, 11) is 0. The van der Waals surface area contributed by atoms with E-state index >= 15 is 0 Å². The van der Waals surface area contributed by atoms with E-state index in [1.165, 1.54) is 0 Å². The molecular formula is C7H16O2Se. The van der Waals surface area contributed by atoms with Crippen molar-refractivity contribution < 1.29 is 9.47 Å². The second kappa shape index (κ2) is 7.55. The molecule has 0 saturated carbocycles. The standard InChI is InChI=1S/C7H16O2Se/c1-4-8-7(6-10-3)9-5-2/h7H,4-6H2,1-3H3. The molecule has 0 radical (unpaired) electrons. The molecule has 0 aromatic heterocycles. The van der Waals surface area contributed by atoms with E-state index in [0.717, 1.165) is 18.5 Å². The molecule has 0 aliphatic carbocycles. The van der Waals surface area contributed by atoms with Crippen molar-refractivity contribution in [3.05, 3.63) is 0 Å². The van der Waals surface area contributed by atoms with E-state index in [2.05, 4.69) is 5.82 Å². The van der Waals surface area contributed by atoms with Crippen LogP contribution in [0.3, 0.4) is 0 Å². The van der Waals surface area contributed by atoms with Crippen molar-refractivity contribution in [3.63, 3.8) is 0 Å².